The van der Waals surface area contributed by atoms with E-state index in [-0.39, 0.29) is 30.9 Å². The predicted octanol–water partition coefficient (Wildman–Crippen LogP) is 1.37. The van der Waals surface area contributed by atoms with Crippen LogP contribution in [0, 0.1) is 5.92 Å². The van der Waals surface area contributed by atoms with Gasteiger partial charge in [0.2, 0.25) is 6.79 Å². The van der Waals surface area contributed by atoms with Gasteiger partial charge in [0.25, 0.3) is 5.91 Å². The molecule has 0 aromatic heterocycles. The second-order valence-corrected chi connectivity index (χ2v) is 4.37. The highest BCUT2D eigenvalue weighted by atomic mass is 16.7. The zero-order valence-electron chi connectivity index (χ0n) is 10.4. The predicted molar refractivity (Wildman–Crippen MR) is 64.7 cm³/mol. The van der Waals surface area contributed by atoms with Gasteiger partial charge in [0.15, 0.2) is 17.3 Å². The largest absolute Gasteiger partial charge is 0.454 e. The first kappa shape index (κ1) is 12.4. The van der Waals surface area contributed by atoms with Gasteiger partial charge in [-0.25, -0.2) is 0 Å². The summed E-state index contributed by atoms with van der Waals surface area (Å²) >= 11 is 0. The first-order valence-corrected chi connectivity index (χ1v) is 5.78. The fourth-order valence-electron chi connectivity index (χ4n) is 1.51. The standard InChI is InChI=1S/C13H15NO4/c1-8(2)10(15)6-14-13(16)9-3-4-11-12(5-9)18-7-17-11/h3-5,8H,6-7H2,1-2H3,(H,14,16). The van der Waals surface area contributed by atoms with E-state index in [2.05, 4.69) is 5.32 Å². The van der Waals surface area contributed by atoms with Crippen LogP contribution in [-0.2, 0) is 4.79 Å². The molecule has 1 aliphatic rings. The molecule has 0 aliphatic carbocycles. The van der Waals surface area contributed by atoms with Crippen molar-refractivity contribution in [2.45, 2.75) is 13.8 Å². The van der Waals surface area contributed by atoms with Crippen LogP contribution in [0.2, 0.25) is 0 Å². The number of ketones is 1. The molecule has 5 nitrogen and oxygen atoms in total. The van der Waals surface area contributed by atoms with Gasteiger partial charge in [0.05, 0.1) is 6.54 Å². The van der Waals surface area contributed by atoms with E-state index in [9.17, 15) is 9.59 Å². The Balaban J connectivity index is 1.99. The van der Waals surface area contributed by atoms with E-state index < -0.39 is 0 Å². The summed E-state index contributed by atoms with van der Waals surface area (Å²) in [7, 11) is 0. The van der Waals surface area contributed by atoms with Gasteiger partial charge in [0.1, 0.15) is 0 Å². The van der Waals surface area contributed by atoms with E-state index in [4.69, 9.17) is 9.47 Å². The van der Waals surface area contributed by atoms with E-state index in [1.54, 1.807) is 32.0 Å². The number of hydrogen-bond acceptors (Lipinski definition) is 4. The molecule has 18 heavy (non-hydrogen) atoms. The average molecular weight is 249 g/mol. The lowest BCUT2D eigenvalue weighted by molar-refractivity contribution is -0.120. The van der Waals surface area contributed by atoms with Crippen LogP contribution in [0.25, 0.3) is 0 Å². The molecule has 1 aromatic rings. The van der Waals surface area contributed by atoms with Crippen LogP contribution in [0.3, 0.4) is 0 Å². The third-order valence-electron chi connectivity index (χ3n) is 2.70. The van der Waals surface area contributed by atoms with Crippen molar-refractivity contribution in [1.29, 1.82) is 0 Å². The molecule has 0 radical (unpaired) electrons. The number of carbonyl (C=O) groups excluding carboxylic acids is 2. The molecule has 1 aromatic carbocycles. The smallest absolute Gasteiger partial charge is 0.251 e. The Morgan fingerprint density at radius 2 is 2.00 bits per heavy atom. The molecule has 0 fully saturated rings. The number of Topliss-reactive ketones (excluding diaryl/α,β-unsaturated/α-hetero) is 1. The normalized spacial score (nSPS) is 12.6. The number of amides is 1. The van der Waals surface area contributed by atoms with Gasteiger partial charge < -0.3 is 14.8 Å². The van der Waals surface area contributed by atoms with E-state index in [1.807, 2.05) is 0 Å². The molecule has 0 saturated heterocycles. The molecule has 1 heterocycles. The highest BCUT2D eigenvalue weighted by Gasteiger charge is 2.16. The van der Waals surface area contributed by atoms with Crippen molar-refractivity contribution in [3.05, 3.63) is 23.8 Å². The van der Waals surface area contributed by atoms with Crippen molar-refractivity contribution < 1.29 is 19.1 Å². The molecule has 1 aliphatic heterocycles. The SMILES string of the molecule is CC(C)C(=O)CNC(=O)c1ccc2c(c1)OCO2. The summed E-state index contributed by atoms with van der Waals surface area (Å²) in [6.45, 7) is 3.82. The van der Waals surface area contributed by atoms with Crippen LogP contribution >= 0.6 is 0 Å². The molecule has 5 heteroatoms. The average Bonchev–Trinajstić information content (AvgIpc) is 2.82. The zero-order chi connectivity index (χ0) is 13.1. The van der Waals surface area contributed by atoms with Gasteiger partial charge >= 0.3 is 0 Å². The van der Waals surface area contributed by atoms with E-state index in [0.29, 0.717) is 17.1 Å². The van der Waals surface area contributed by atoms with Gasteiger partial charge in [-0.15, -0.1) is 0 Å². The Labute approximate surface area is 105 Å². The maximum atomic E-state index is 11.8. The van der Waals surface area contributed by atoms with Crippen LogP contribution in [0.4, 0.5) is 0 Å². The summed E-state index contributed by atoms with van der Waals surface area (Å²) in [5, 5.41) is 2.59. The number of fused-ring (bicyclic) bond motifs is 1. The molecule has 0 bridgehead atoms. The Morgan fingerprint density at radius 3 is 2.72 bits per heavy atom. The van der Waals surface area contributed by atoms with Gasteiger partial charge in [-0.1, -0.05) is 13.8 Å². The lowest BCUT2D eigenvalue weighted by Gasteiger charge is -2.07. The van der Waals surface area contributed by atoms with E-state index in [1.165, 1.54) is 0 Å². The topological polar surface area (TPSA) is 64.6 Å². The van der Waals surface area contributed by atoms with Crippen molar-refractivity contribution in [1.82, 2.24) is 5.32 Å². The number of nitrogens with one attached hydrogen (secondary N) is 1. The van der Waals surface area contributed by atoms with Crippen LogP contribution in [0.15, 0.2) is 18.2 Å². The Morgan fingerprint density at radius 1 is 1.28 bits per heavy atom. The maximum Gasteiger partial charge on any atom is 0.251 e. The van der Waals surface area contributed by atoms with Crippen molar-refractivity contribution in [3.63, 3.8) is 0 Å². The quantitative estimate of drug-likeness (QED) is 0.875. The number of carbonyl (C=O) groups is 2. The molecular weight excluding hydrogens is 234 g/mol. The molecule has 1 N–H and O–H groups in total. The first-order chi connectivity index (χ1) is 8.58. The number of hydrogen-bond donors (Lipinski definition) is 1. The maximum absolute atomic E-state index is 11.8. The molecule has 0 atom stereocenters. The molecule has 96 valence electrons. The first-order valence-electron chi connectivity index (χ1n) is 5.78. The van der Waals surface area contributed by atoms with Crippen molar-refractivity contribution in [3.8, 4) is 11.5 Å². The lowest BCUT2D eigenvalue weighted by Crippen LogP contribution is -2.31. The van der Waals surface area contributed by atoms with Crippen LogP contribution < -0.4 is 14.8 Å². The summed E-state index contributed by atoms with van der Waals surface area (Å²) in [6, 6.07) is 4.93. The van der Waals surface area contributed by atoms with Crippen molar-refractivity contribution in [2.24, 2.45) is 5.92 Å². The second kappa shape index (κ2) is 5.08. The zero-order valence-corrected chi connectivity index (χ0v) is 10.4. The highest BCUT2D eigenvalue weighted by Crippen LogP contribution is 2.32. The second-order valence-electron chi connectivity index (χ2n) is 4.37. The minimum atomic E-state index is -0.290. The molecular formula is C13H15NO4. The van der Waals surface area contributed by atoms with E-state index in [0.717, 1.165) is 0 Å². The molecule has 0 saturated carbocycles. The van der Waals surface area contributed by atoms with E-state index >= 15 is 0 Å². The summed E-state index contributed by atoms with van der Waals surface area (Å²) in [4.78, 5) is 23.2. The van der Waals surface area contributed by atoms with Gasteiger partial charge in [-0.05, 0) is 18.2 Å². The van der Waals surface area contributed by atoms with Crippen molar-refractivity contribution >= 4 is 11.7 Å². The highest BCUT2D eigenvalue weighted by molar-refractivity contribution is 5.97. The molecule has 0 unspecified atom stereocenters. The fourth-order valence-corrected chi connectivity index (χ4v) is 1.51. The van der Waals surface area contributed by atoms with Gasteiger partial charge in [-0.2, -0.15) is 0 Å². The van der Waals surface area contributed by atoms with Crippen LogP contribution in [0.1, 0.15) is 24.2 Å². The van der Waals surface area contributed by atoms with Gasteiger partial charge in [0, 0.05) is 11.5 Å². The van der Waals surface area contributed by atoms with Gasteiger partial charge in [-0.3, -0.25) is 9.59 Å². The monoisotopic (exact) mass is 249 g/mol. The lowest BCUT2D eigenvalue weighted by atomic mass is 10.1. The van der Waals surface area contributed by atoms with Crippen LogP contribution in [-0.4, -0.2) is 25.0 Å². The molecule has 2 rings (SSSR count). The number of rotatable bonds is 4. The summed E-state index contributed by atoms with van der Waals surface area (Å²) in [5.41, 5.74) is 0.454. The minimum absolute atomic E-state index is 0.00379. The third-order valence-corrected chi connectivity index (χ3v) is 2.70. The minimum Gasteiger partial charge on any atom is -0.454 e. The summed E-state index contributed by atoms with van der Waals surface area (Å²) < 4.78 is 10.3. The number of benzene rings is 1. The Kier molecular flexibility index (Phi) is 3.50. The summed E-state index contributed by atoms with van der Waals surface area (Å²) in [6.07, 6.45) is 0. The molecule has 1 amide bonds. The fraction of sp³-hybridized carbons (Fsp3) is 0.385. The van der Waals surface area contributed by atoms with Crippen molar-refractivity contribution in [2.75, 3.05) is 13.3 Å². The number of ether oxygens (including phenoxy) is 2. The Hall–Kier alpha value is -2.04. The Bertz CT molecular complexity index is 482. The third kappa shape index (κ3) is 2.61. The molecule has 0 spiro atoms. The van der Waals surface area contributed by atoms with Crippen LogP contribution in [0.5, 0.6) is 11.5 Å². The summed E-state index contributed by atoms with van der Waals surface area (Å²) in [5.74, 6) is 0.816.